The molecule has 0 aromatic heterocycles. The molecule has 0 amide bonds. The Morgan fingerprint density at radius 3 is 2.75 bits per heavy atom. The summed E-state index contributed by atoms with van der Waals surface area (Å²) in [6.45, 7) is 9.89. The predicted molar refractivity (Wildman–Crippen MR) is 51.3 cm³/mol. The van der Waals surface area contributed by atoms with Gasteiger partial charge in [0.1, 0.15) is 0 Å². The lowest BCUT2D eigenvalue weighted by atomic mass is 10.1. The Morgan fingerprint density at radius 2 is 2.00 bits per heavy atom. The van der Waals surface area contributed by atoms with Crippen molar-refractivity contribution in [3.05, 3.63) is 0 Å². The van der Waals surface area contributed by atoms with Crippen molar-refractivity contribution in [2.24, 2.45) is 0 Å². The molecule has 0 spiro atoms. The van der Waals surface area contributed by atoms with Crippen LogP contribution in [0.15, 0.2) is 0 Å². The monoisotopic (exact) mass is 168 g/mol. The molecular weight excluding hydrogens is 148 g/mol. The Morgan fingerprint density at radius 1 is 1.17 bits per heavy atom. The molecule has 0 N–H and O–H groups in total. The number of hydrogen-bond donors (Lipinski definition) is 0. The average molecular weight is 168 g/mol. The van der Waals surface area contributed by atoms with Crippen LogP contribution in [0.1, 0.15) is 26.7 Å². The van der Waals surface area contributed by atoms with E-state index >= 15 is 0 Å². The van der Waals surface area contributed by atoms with Crippen molar-refractivity contribution in [2.45, 2.75) is 38.8 Å². The molecule has 2 heterocycles. The molecule has 0 radical (unpaired) electrons. The van der Waals surface area contributed by atoms with E-state index in [-0.39, 0.29) is 0 Å². The minimum Gasteiger partial charge on any atom is -0.298 e. The molecule has 2 nitrogen and oxygen atoms in total. The summed E-state index contributed by atoms with van der Waals surface area (Å²) in [4.78, 5) is 5.28. The number of hydrogen-bond acceptors (Lipinski definition) is 2. The van der Waals surface area contributed by atoms with Crippen molar-refractivity contribution in [3.8, 4) is 0 Å². The molecule has 2 heteroatoms. The number of rotatable bonds is 1. The van der Waals surface area contributed by atoms with E-state index in [0.717, 1.165) is 12.1 Å². The van der Waals surface area contributed by atoms with E-state index < -0.39 is 0 Å². The summed E-state index contributed by atoms with van der Waals surface area (Å²) in [5.41, 5.74) is 0. The van der Waals surface area contributed by atoms with Crippen LogP contribution in [0.3, 0.4) is 0 Å². The van der Waals surface area contributed by atoms with Crippen molar-refractivity contribution in [2.75, 3.05) is 26.2 Å². The lowest BCUT2D eigenvalue weighted by molar-refractivity contribution is 0.0827. The van der Waals surface area contributed by atoms with Crippen molar-refractivity contribution < 1.29 is 0 Å². The Bertz CT molecular complexity index is 156. The highest BCUT2D eigenvalue weighted by molar-refractivity contribution is 4.87. The molecule has 0 aromatic carbocycles. The highest BCUT2D eigenvalue weighted by Crippen LogP contribution is 2.22. The topological polar surface area (TPSA) is 6.48 Å². The summed E-state index contributed by atoms with van der Waals surface area (Å²) in [7, 11) is 0. The second-order valence-corrected chi connectivity index (χ2v) is 4.42. The summed E-state index contributed by atoms with van der Waals surface area (Å²) in [6.07, 6.45) is 2.86. The van der Waals surface area contributed by atoms with Gasteiger partial charge in [-0.3, -0.25) is 9.80 Å². The van der Waals surface area contributed by atoms with Crippen molar-refractivity contribution in [3.63, 3.8) is 0 Å². The molecule has 1 atom stereocenters. The first-order valence-corrected chi connectivity index (χ1v) is 5.25. The van der Waals surface area contributed by atoms with Gasteiger partial charge in [-0.2, -0.15) is 0 Å². The highest BCUT2D eigenvalue weighted by Gasteiger charge is 2.30. The maximum Gasteiger partial charge on any atom is 0.0224 e. The molecule has 2 fully saturated rings. The molecule has 70 valence electrons. The summed E-state index contributed by atoms with van der Waals surface area (Å²) >= 11 is 0. The average Bonchev–Trinajstić information content (AvgIpc) is 2.49. The summed E-state index contributed by atoms with van der Waals surface area (Å²) in [5, 5.41) is 0. The Balaban J connectivity index is 1.92. The first-order valence-electron chi connectivity index (χ1n) is 5.25. The van der Waals surface area contributed by atoms with Gasteiger partial charge in [0, 0.05) is 31.7 Å². The standard InChI is InChI=1S/C10H20N2/c1-9(2)12-7-6-11-5-3-4-10(11)8-12/h9-10H,3-8H2,1-2H3/t10-/m0/s1. The van der Waals surface area contributed by atoms with Crippen LogP contribution < -0.4 is 0 Å². The number of piperazine rings is 1. The fourth-order valence-electron chi connectivity index (χ4n) is 2.48. The third-order valence-electron chi connectivity index (χ3n) is 3.35. The predicted octanol–water partition coefficient (Wildman–Crippen LogP) is 1.17. The van der Waals surface area contributed by atoms with E-state index in [1.165, 1.54) is 39.0 Å². The molecule has 0 aromatic rings. The van der Waals surface area contributed by atoms with Crippen molar-refractivity contribution in [1.82, 2.24) is 9.80 Å². The van der Waals surface area contributed by atoms with Crippen LogP contribution in [0.25, 0.3) is 0 Å². The van der Waals surface area contributed by atoms with Gasteiger partial charge in [-0.1, -0.05) is 0 Å². The molecule has 2 aliphatic heterocycles. The molecule has 2 rings (SSSR count). The molecule has 0 saturated carbocycles. The molecule has 0 aliphatic carbocycles. The quantitative estimate of drug-likeness (QED) is 0.580. The second kappa shape index (κ2) is 3.35. The van der Waals surface area contributed by atoms with Crippen LogP contribution >= 0.6 is 0 Å². The van der Waals surface area contributed by atoms with Crippen molar-refractivity contribution in [1.29, 1.82) is 0 Å². The zero-order valence-corrected chi connectivity index (χ0v) is 8.29. The molecule has 0 unspecified atom stereocenters. The van der Waals surface area contributed by atoms with E-state index in [9.17, 15) is 0 Å². The van der Waals surface area contributed by atoms with Crippen LogP contribution in [0, 0.1) is 0 Å². The van der Waals surface area contributed by atoms with E-state index in [1.54, 1.807) is 0 Å². The first kappa shape index (κ1) is 8.52. The molecule has 0 bridgehead atoms. The zero-order chi connectivity index (χ0) is 8.55. The lowest BCUT2D eigenvalue weighted by Gasteiger charge is -2.39. The van der Waals surface area contributed by atoms with Gasteiger partial charge >= 0.3 is 0 Å². The van der Waals surface area contributed by atoms with Crippen LogP contribution in [0.2, 0.25) is 0 Å². The fourth-order valence-corrected chi connectivity index (χ4v) is 2.48. The SMILES string of the molecule is CC(C)N1CCN2CCC[C@H]2C1. The fraction of sp³-hybridized carbons (Fsp3) is 1.00. The largest absolute Gasteiger partial charge is 0.298 e. The Kier molecular flexibility index (Phi) is 2.37. The third kappa shape index (κ3) is 1.50. The molecule has 2 saturated heterocycles. The Hall–Kier alpha value is -0.0800. The minimum absolute atomic E-state index is 0.743. The van der Waals surface area contributed by atoms with E-state index in [2.05, 4.69) is 23.6 Å². The van der Waals surface area contributed by atoms with Crippen molar-refractivity contribution >= 4 is 0 Å². The van der Waals surface area contributed by atoms with Crippen LogP contribution in [0.5, 0.6) is 0 Å². The summed E-state index contributed by atoms with van der Waals surface area (Å²) in [5.74, 6) is 0. The van der Waals surface area contributed by atoms with Gasteiger partial charge in [0.25, 0.3) is 0 Å². The number of nitrogens with zero attached hydrogens (tertiary/aromatic N) is 2. The van der Waals surface area contributed by atoms with Gasteiger partial charge in [0.05, 0.1) is 0 Å². The second-order valence-electron chi connectivity index (χ2n) is 4.42. The van der Waals surface area contributed by atoms with Crippen LogP contribution in [-0.2, 0) is 0 Å². The molecule has 2 aliphatic rings. The smallest absolute Gasteiger partial charge is 0.0224 e. The van der Waals surface area contributed by atoms with Gasteiger partial charge in [0.2, 0.25) is 0 Å². The third-order valence-corrected chi connectivity index (χ3v) is 3.35. The maximum atomic E-state index is 2.67. The van der Waals surface area contributed by atoms with Gasteiger partial charge in [-0.05, 0) is 33.2 Å². The maximum absolute atomic E-state index is 2.67. The van der Waals surface area contributed by atoms with E-state index in [1.807, 2.05) is 0 Å². The van der Waals surface area contributed by atoms with Gasteiger partial charge in [-0.25, -0.2) is 0 Å². The minimum atomic E-state index is 0.743. The Labute approximate surface area is 75.5 Å². The van der Waals surface area contributed by atoms with Gasteiger partial charge in [-0.15, -0.1) is 0 Å². The highest BCUT2D eigenvalue weighted by atomic mass is 15.3. The van der Waals surface area contributed by atoms with E-state index in [4.69, 9.17) is 0 Å². The van der Waals surface area contributed by atoms with Crippen LogP contribution in [0.4, 0.5) is 0 Å². The van der Waals surface area contributed by atoms with E-state index in [0.29, 0.717) is 0 Å². The number of fused-ring (bicyclic) bond motifs is 1. The first-order chi connectivity index (χ1) is 5.77. The lowest BCUT2D eigenvalue weighted by Crippen LogP contribution is -2.52. The van der Waals surface area contributed by atoms with Gasteiger partial charge < -0.3 is 0 Å². The summed E-state index contributed by atoms with van der Waals surface area (Å²) < 4.78 is 0. The molecular formula is C10H20N2. The zero-order valence-electron chi connectivity index (χ0n) is 8.29. The summed E-state index contributed by atoms with van der Waals surface area (Å²) in [6, 6.07) is 1.63. The van der Waals surface area contributed by atoms with Crippen LogP contribution in [-0.4, -0.2) is 48.1 Å². The normalized spacial score (nSPS) is 32.8. The molecule has 12 heavy (non-hydrogen) atoms. The van der Waals surface area contributed by atoms with Gasteiger partial charge in [0.15, 0.2) is 0 Å².